The molecule has 8 heteroatoms. The topological polar surface area (TPSA) is 78.5 Å². The molecule has 0 atom stereocenters. The molecule has 0 N–H and O–H groups in total. The summed E-state index contributed by atoms with van der Waals surface area (Å²) in [5, 5.41) is 9.92. The molecule has 1 aliphatic rings. The van der Waals surface area contributed by atoms with Crippen LogP contribution in [-0.4, -0.2) is 37.3 Å². The Kier molecular flexibility index (Phi) is 5.18. The first-order valence-corrected chi connectivity index (χ1v) is 12.4. The summed E-state index contributed by atoms with van der Waals surface area (Å²) in [4.78, 5) is 26.6. The van der Waals surface area contributed by atoms with Crippen molar-refractivity contribution in [1.82, 2.24) is 19.2 Å². The number of Topliss-reactive ketones (excluding diaryl/α,β-unsaturated/α-hetero) is 1. The van der Waals surface area contributed by atoms with Crippen LogP contribution >= 0.6 is 11.8 Å². The molecule has 0 saturated heterocycles. The maximum atomic E-state index is 13.6. The van der Waals surface area contributed by atoms with Gasteiger partial charge in [0, 0.05) is 12.0 Å². The van der Waals surface area contributed by atoms with Crippen molar-refractivity contribution in [3.8, 4) is 11.4 Å². The summed E-state index contributed by atoms with van der Waals surface area (Å²) in [5.74, 6) is 1.49. The second-order valence-corrected chi connectivity index (χ2v) is 9.57. The van der Waals surface area contributed by atoms with E-state index < -0.39 is 0 Å². The van der Waals surface area contributed by atoms with Crippen LogP contribution in [0.3, 0.4) is 0 Å². The molecule has 0 fully saturated rings. The molecule has 2 aromatic heterocycles. The smallest absolute Gasteiger partial charge is 0.267 e. The molecule has 3 aromatic carbocycles. The van der Waals surface area contributed by atoms with E-state index in [-0.39, 0.29) is 17.1 Å². The Labute approximate surface area is 205 Å². The summed E-state index contributed by atoms with van der Waals surface area (Å²) < 4.78 is 9.03. The monoisotopic (exact) mass is 482 g/mol. The number of fused-ring (bicyclic) bond motifs is 4. The lowest BCUT2D eigenvalue weighted by atomic mass is 10.1. The molecule has 0 saturated carbocycles. The number of carbonyl (C=O) groups is 1. The third-order valence-electron chi connectivity index (χ3n) is 6.56. The number of benzene rings is 3. The van der Waals surface area contributed by atoms with Gasteiger partial charge < -0.3 is 4.74 Å². The van der Waals surface area contributed by atoms with Crippen molar-refractivity contribution in [1.29, 1.82) is 0 Å². The first-order valence-electron chi connectivity index (χ1n) is 11.4. The minimum absolute atomic E-state index is 0.00797. The number of hydrogen-bond donors (Lipinski definition) is 0. The van der Waals surface area contributed by atoms with Crippen LogP contribution in [0.5, 0.6) is 5.75 Å². The van der Waals surface area contributed by atoms with Crippen LogP contribution in [0.4, 0.5) is 0 Å². The molecular weight excluding hydrogens is 460 g/mol. The average Bonchev–Trinajstić information content (AvgIpc) is 3.52. The summed E-state index contributed by atoms with van der Waals surface area (Å²) >= 11 is 1.32. The van der Waals surface area contributed by atoms with E-state index in [1.54, 1.807) is 4.57 Å². The molecule has 0 amide bonds. The number of thioether (sulfide) groups is 1. The fourth-order valence-corrected chi connectivity index (χ4v) is 5.38. The summed E-state index contributed by atoms with van der Waals surface area (Å²) in [6.45, 7) is 4.67. The summed E-state index contributed by atoms with van der Waals surface area (Å²) in [6, 6.07) is 18.9. The van der Waals surface area contributed by atoms with Gasteiger partial charge in [0.1, 0.15) is 5.75 Å². The number of aromatic nitrogens is 4. The van der Waals surface area contributed by atoms with Gasteiger partial charge in [0.15, 0.2) is 10.9 Å². The molecule has 0 spiro atoms. The number of ketones is 1. The van der Waals surface area contributed by atoms with Gasteiger partial charge in [-0.25, -0.2) is 4.57 Å². The van der Waals surface area contributed by atoms with Crippen molar-refractivity contribution >= 4 is 34.2 Å². The van der Waals surface area contributed by atoms with Crippen molar-refractivity contribution in [3.63, 3.8) is 0 Å². The fourth-order valence-electron chi connectivity index (χ4n) is 4.54. The van der Waals surface area contributed by atoms with Crippen molar-refractivity contribution < 1.29 is 9.53 Å². The Hall–Kier alpha value is -3.91. The minimum Gasteiger partial charge on any atom is -0.493 e. The maximum absolute atomic E-state index is 13.6. The predicted octanol–water partition coefficient (Wildman–Crippen LogP) is 4.56. The zero-order chi connectivity index (χ0) is 24.1. The van der Waals surface area contributed by atoms with Crippen LogP contribution in [0.15, 0.2) is 70.6 Å². The quantitative estimate of drug-likeness (QED) is 0.270. The third kappa shape index (κ3) is 3.52. The number of rotatable bonds is 5. The van der Waals surface area contributed by atoms with Gasteiger partial charge in [-0.2, -0.15) is 0 Å². The van der Waals surface area contributed by atoms with E-state index in [9.17, 15) is 9.59 Å². The number of hydrogen-bond acceptors (Lipinski definition) is 6. The molecule has 5 aromatic rings. The Balaban J connectivity index is 1.45. The van der Waals surface area contributed by atoms with Gasteiger partial charge >= 0.3 is 0 Å². The van der Waals surface area contributed by atoms with Gasteiger partial charge in [-0.1, -0.05) is 36.0 Å². The lowest BCUT2D eigenvalue weighted by Gasteiger charge is -2.14. The zero-order valence-corrected chi connectivity index (χ0v) is 20.1. The molecule has 0 radical (unpaired) electrons. The Morgan fingerprint density at radius 3 is 2.80 bits per heavy atom. The molecular formula is C27H22N4O3S. The molecule has 3 heterocycles. The normalized spacial score (nSPS) is 12.7. The summed E-state index contributed by atoms with van der Waals surface area (Å²) in [6.07, 6.45) is 0.820. The van der Waals surface area contributed by atoms with Gasteiger partial charge in [-0.05, 0) is 66.9 Å². The van der Waals surface area contributed by atoms with Crippen LogP contribution < -0.4 is 10.3 Å². The highest BCUT2D eigenvalue weighted by atomic mass is 32.2. The molecule has 0 unspecified atom stereocenters. The molecule has 7 nitrogen and oxygen atoms in total. The predicted molar refractivity (Wildman–Crippen MR) is 136 cm³/mol. The van der Waals surface area contributed by atoms with Crippen LogP contribution in [-0.2, 0) is 6.42 Å². The van der Waals surface area contributed by atoms with Gasteiger partial charge in [-0.15, -0.1) is 10.2 Å². The van der Waals surface area contributed by atoms with E-state index in [1.807, 2.05) is 78.9 Å². The number of aryl methyl sites for hydroxylation is 1. The average molecular weight is 483 g/mol. The van der Waals surface area contributed by atoms with Crippen LogP contribution in [0.25, 0.3) is 22.4 Å². The van der Waals surface area contributed by atoms with Gasteiger partial charge in [0.05, 0.1) is 29.0 Å². The SMILES string of the molecule is Cc1cccc(-n2c(=O)c3ccccc3n3c(SCC(=O)c4ccc5c(c4)CCO5)nnc23)c1C. The molecule has 6 rings (SSSR count). The maximum Gasteiger partial charge on any atom is 0.267 e. The van der Waals surface area contributed by atoms with Crippen molar-refractivity contribution in [2.24, 2.45) is 0 Å². The van der Waals surface area contributed by atoms with Crippen molar-refractivity contribution in [2.75, 3.05) is 12.4 Å². The van der Waals surface area contributed by atoms with Crippen molar-refractivity contribution in [2.45, 2.75) is 25.4 Å². The van der Waals surface area contributed by atoms with Crippen LogP contribution in [0.2, 0.25) is 0 Å². The zero-order valence-electron chi connectivity index (χ0n) is 19.3. The van der Waals surface area contributed by atoms with Crippen molar-refractivity contribution in [3.05, 3.63) is 93.3 Å². The number of nitrogens with zero attached hydrogens (tertiary/aromatic N) is 4. The lowest BCUT2D eigenvalue weighted by molar-refractivity contribution is 0.102. The highest BCUT2D eigenvalue weighted by molar-refractivity contribution is 7.99. The minimum atomic E-state index is -0.151. The van der Waals surface area contributed by atoms with E-state index >= 15 is 0 Å². The Morgan fingerprint density at radius 1 is 1.06 bits per heavy atom. The van der Waals surface area contributed by atoms with E-state index in [0.717, 1.165) is 34.5 Å². The third-order valence-corrected chi connectivity index (χ3v) is 7.48. The van der Waals surface area contributed by atoms with Crippen LogP contribution in [0.1, 0.15) is 27.0 Å². The Bertz CT molecular complexity index is 1700. The standard InChI is InChI=1S/C27H22N4O3S/c1-16-6-5-9-21(17(16)2)30-25(33)20-7-3-4-8-22(20)31-26(30)28-29-27(31)35-15-23(32)18-10-11-24-19(14-18)12-13-34-24/h3-11,14H,12-13,15H2,1-2H3. The fraction of sp³-hybridized carbons (Fsp3) is 0.185. The summed E-state index contributed by atoms with van der Waals surface area (Å²) in [7, 11) is 0. The van der Waals surface area contributed by atoms with Gasteiger partial charge in [0.25, 0.3) is 5.56 Å². The number of carbonyl (C=O) groups excluding carboxylic acids is 1. The first-order chi connectivity index (χ1) is 17.0. The lowest BCUT2D eigenvalue weighted by Crippen LogP contribution is -2.22. The highest BCUT2D eigenvalue weighted by Gasteiger charge is 2.21. The van der Waals surface area contributed by atoms with E-state index in [1.165, 1.54) is 11.8 Å². The molecule has 0 aliphatic carbocycles. The van der Waals surface area contributed by atoms with E-state index in [2.05, 4.69) is 10.2 Å². The van der Waals surface area contributed by atoms with E-state index in [0.29, 0.717) is 34.0 Å². The van der Waals surface area contributed by atoms with Gasteiger partial charge in [-0.3, -0.25) is 14.0 Å². The second kappa shape index (κ2) is 8.39. The number of para-hydroxylation sites is 1. The van der Waals surface area contributed by atoms with Crippen LogP contribution in [0, 0.1) is 13.8 Å². The number of ether oxygens (including phenoxy) is 1. The largest absolute Gasteiger partial charge is 0.493 e. The molecule has 0 bridgehead atoms. The Morgan fingerprint density at radius 2 is 1.91 bits per heavy atom. The summed E-state index contributed by atoms with van der Waals surface area (Å²) in [5.41, 5.74) is 5.14. The molecule has 174 valence electrons. The molecule has 35 heavy (non-hydrogen) atoms. The van der Waals surface area contributed by atoms with Gasteiger partial charge in [0.2, 0.25) is 5.78 Å². The highest BCUT2D eigenvalue weighted by Crippen LogP contribution is 2.28. The van der Waals surface area contributed by atoms with E-state index in [4.69, 9.17) is 4.74 Å². The molecule has 1 aliphatic heterocycles. The first kappa shape index (κ1) is 21.6. The second-order valence-electron chi connectivity index (χ2n) is 8.63.